The average Bonchev–Trinajstić information content (AvgIpc) is 3.14. The van der Waals surface area contributed by atoms with Gasteiger partial charge < -0.3 is 18.8 Å². The predicted molar refractivity (Wildman–Crippen MR) is 85.7 cm³/mol. The van der Waals surface area contributed by atoms with Crippen LogP contribution >= 0.6 is 0 Å². The van der Waals surface area contributed by atoms with E-state index in [1.54, 1.807) is 14.1 Å². The first-order valence-electron chi connectivity index (χ1n) is 7.92. The van der Waals surface area contributed by atoms with E-state index in [-0.39, 0.29) is 12.5 Å². The standard InChI is InChI=1S/C15H23N7O2/c1-19(2)15(23)11-24-10-14-18-17-13-9-21(6-7-22(13)14)8-12-16-4-5-20(12)3/h4-5H,6-11H2,1-3H3. The molecule has 0 radical (unpaired) electrons. The summed E-state index contributed by atoms with van der Waals surface area (Å²) < 4.78 is 9.56. The van der Waals surface area contributed by atoms with Gasteiger partial charge in [-0.3, -0.25) is 9.69 Å². The maximum atomic E-state index is 11.5. The van der Waals surface area contributed by atoms with E-state index < -0.39 is 0 Å². The number of fused-ring (bicyclic) bond motifs is 1. The molecule has 2 aromatic rings. The molecule has 0 N–H and O–H groups in total. The lowest BCUT2D eigenvalue weighted by Crippen LogP contribution is -2.34. The average molecular weight is 333 g/mol. The lowest BCUT2D eigenvalue weighted by Gasteiger charge is -2.27. The summed E-state index contributed by atoms with van der Waals surface area (Å²) in [4.78, 5) is 19.7. The maximum Gasteiger partial charge on any atom is 0.248 e. The minimum absolute atomic E-state index is 0.0560. The molecule has 0 fully saturated rings. The van der Waals surface area contributed by atoms with Gasteiger partial charge >= 0.3 is 0 Å². The Kier molecular flexibility index (Phi) is 4.91. The van der Waals surface area contributed by atoms with Gasteiger partial charge in [0.15, 0.2) is 5.82 Å². The Hall–Kier alpha value is -2.26. The van der Waals surface area contributed by atoms with Gasteiger partial charge in [0.05, 0.1) is 13.1 Å². The number of rotatable bonds is 6. The van der Waals surface area contributed by atoms with Crippen LogP contribution in [0, 0.1) is 0 Å². The Morgan fingerprint density at radius 3 is 2.83 bits per heavy atom. The Labute approximate surface area is 140 Å². The lowest BCUT2D eigenvalue weighted by molar-refractivity contribution is -0.134. The zero-order chi connectivity index (χ0) is 17.1. The highest BCUT2D eigenvalue weighted by atomic mass is 16.5. The second kappa shape index (κ2) is 7.10. The highest BCUT2D eigenvalue weighted by Gasteiger charge is 2.22. The van der Waals surface area contributed by atoms with E-state index in [2.05, 4.69) is 24.6 Å². The Balaban J connectivity index is 1.56. The van der Waals surface area contributed by atoms with Crippen LogP contribution in [0.15, 0.2) is 12.4 Å². The molecule has 130 valence electrons. The second-order valence-electron chi connectivity index (χ2n) is 6.13. The van der Waals surface area contributed by atoms with Crippen LogP contribution in [0.4, 0.5) is 0 Å². The molecule has 9 heteroatoms. The highest BCUT2D eigenvalue weighted by molar-refractivity contribution is 5.76. The van der Waals surface area contributed by atoms with Crippen molar-refractivity contribution in [2.75, 3.05) is 27.2 Å². The van der Waals surface area contributed by atoms with Gasteiger partial charge in [0.2, 0.25) is 5.91 Å². The summed E-state index contributed by atoms with van der Waals surface area (Å²) in [5.74, 6) is 2.67. The van der Waals surface area contributed by atoms with Crippen molar-refractivity contribution >= 4 is 5.91 Å². The second-order valence-corrected chi connectivity index (χ2v) is 6.13. The number of carbonyl (C=O) groups excluding carboxylic acids is 1. The summed E-state index contributed by atoms with van der Waals surface area (Å²) in [7, 11) is 5.42. The molecule has 2 aromatic heterocycles. The topological polar surface area (TPSA) is 81.3 Å². The van der Waals surface area contributed by atoms with Gasteiger partial charge in [0.1, 0.15) is 24.9 Å². The summed E-state index contributed by atoms with van der Waals surface area (Å²) in [5, 5.41) is 8.46. The molecule has 3 rings (SSSR count). The van der Waals surface area contributed by atoms with Crippen LogP contribution in [0.3, 0.4) is 0 Å². The molecule has 3 heterocycles. The molecule has 1 aliphatic rings. The number of imidazole rings is 1. The first-order chi connectivity index (χ1) is 11.5. The predicted octanol–water partition coefficient (Wildman–Crippen LogP) is -0.368. The summed E-state index contributed by atoms with van der Waals surface area (Å²) in [6.45, 7) is 3.59. The van der Waals surface area contributed by atoms with Crippen LogP contribution < -0.4 is 0 Å². The van der Waals surface area contributed by atoms with Crippen molar-refractivity contribution in [3.05, 3.63) is 29.9 Å². The molecular formula is C15H23N7O2. The van der Waals surface area contributed by atoms with E-state index in [0.717, 1.165) is 43.7 Å². The van der Waals surface area contributed by atoms with Crippen molar-refractivity contribution in [3.8, 4) is 0 Å². The number of aromatic nitrogens is 5. The molecular weight excluding hydrogens is 310 g/mol. The molecule has 9 nitrogen and oxygen atoms in total. The summed E-state index contributed by atoms with van der Waals surface area (Å²) in [6.07, 6.45) is 3.76. The quantitative estimate of drug-likeness (QED) is 0.718. The largest absolute Gasteiger partial charge is 0.364 e. The fraction of sp³-hybridized carbons (Fsp3) is 0.600. The van der Waals surface area contributed by atoms with Gasteiger partial charge in [-0.15, -0.1) is 10.2 Å². The van der Waals surface area contributed by atoms with Crippen LogP contribution in [0.1, 0.15) is 17.5 Å². The molecule has 24 heavy (non-hydrogen) atoms. The summed E-state index contributed by atoms with van der Waals surface area (Å²) in [6, 6.07) is 0. The smallest absolute Gasteiger partial charge is 0.248 e. The van der Waals surface area contributed by atoms with Crippen LogP contribution in [0.25, 0.3) is 0 Å². The number of hydrogen-bond donors (Lipinski definition) is 0. The molecule has 1 aliphatic heterocycles. The third kappa shape index (κ3) is 3.62. The van der Waals surface area contributed by atoms with Crippen molar-refractivity contribution in [3.63, 3.8) is 0 Å². The number of hydrogen-bond acceptors (Lipinski definition) is 6. The van der Waals surface area contributed by atoms with E-state index in [1.807, 2.05) is 24.0 Å². The Morgan fingerprint density at radius 1 is 1.29 bits per heavy atom. The zero-order valence-electron chi connectivity index (χ0n) is 14.3. The van der Waals surface area contributed by atoms with Crippen molar-refractivity contribution in [2.45, 2.75) is 26.2 Å². The van der Waals surface area contributed by atoms with Crippen molar-refractivity contribution in [1.82, 2.24) is 34.1 Å². The lowest BCUT2D eigenvalue weighted by atomic mass is 10.3. The van der Waals surface area contributed by atoms with Crippen LogP contribution in [-0.4, -0.2) is 67.3 Å². The van der Waals surface area contributed by atoms with Gasteiger partial charge in [0.25, 0.3) is 0 Å². The van der Waals surface area contributed by atoms with Gasteiger partial charge in [-0.2, -0.15) is 0 Å². The number of ether oxygens (including phenoxy) is 1. The summed E-state index contributed by atoms with van der Waals surface area (Å²) in [5.41, 5.74) is 0. The van der Waals surface area contributed by atoms with Gasteiger partial charge in [0, 0.05) is 46.6 Å². The van der Waals surface area contributed by atoms with Gasteiger partial charge in [-0.1, -0.05) is 0 Å². The number of amides is 1. The highest BCUT2D eigenvalue weighted by Crippen LogP contribution is 2.15. The normalized spacial score (nSPS) is 14.6. The number of nitrogens with zero attached hydrogens (tertiary/aromatic N) is 7. The van der Waals surface area contributed by atoms with Gasteiger partial charge in [-0.25, -0.2) is 4.98 Å². The molecule has 0 aliphatic carbocycles. The van der Waals surface area contributed by atoms with Crippen LogP contribution in [0.2, 0.25) is 0 Å². The minimum atomic E-state index is -0.0605. The Bertz CT molecular complexity index is 706. The minimum Gasteiger partial charge on any atom is -0.364 e. The molecule has 0 aromatic carbocycles. The molecule has 0 bridgehead atoms. The van der Waals surface area contributed by atoms with Crippen molar-refractivity contribution < 1.29 is 9.53 Å². The first kappa shape index (κ1) is 16.6. The van der Waals surface area contributed by atoms with E-state index >= 15 is 0 Å². The fourth-order valence-electron chi connectivity index (χ4n) is 2.62. The molecule has 0 saturated carbocycles. The first-order valence-corrected chi connectivity index (χ1v) is 7.92. The SMILES string of the molecule is CN(C)C(=O)COCc1nnc2n1CCN(Cc1nccn1C)C2. The maximum absolute atomic E-state index is 11.5. The monoisotopic (exact) mass is 333 g/mol. The molecule has 0 spiro atoms. The molecule has 0 unspecified atom stereocenters. The van der Waals surface area contributed by atoms with E-state index in [0.29, 0.717) is 6.61 Å². The van der Waals surface area contributed by atoms with Crippen LogP contribution in [0.5, 0.6) is 0 Å². The van der Waals surface area contributed by atoms with Gasteiger partial charge in [-0.05, 0) is 0 Å². The van der Waals surface area contributed by atoms with Crippen LogP contribution in [-0.2, 0) is 42.8 Å². The summed E-state index contributed by atoms with van der Waals surface area (Å²) >= 11 is 0. The fourth-order valence-corrected chi connectivity index (χ4v) is 2.62. The Morgan fingerprint density at radius 2 is 2.12 bits per heavy atom. The molecule has 0 atom stereocenters. The van der Waals surface area contributed by atoms with E-state index in [9.17, 15) is 4.79 Å². The van der Waals surface area contributed by atoms with E-state index in [4.69, 9.17) is 4.74 Å². The van der Waals surface area contributed by atoms with E-state index in [1.165, 1.54) is 4.90 Å². The third-order valence-corrected chi connectivity index (χ3v) is 4.15. The number of likely N-dealkylation sites (N-methyl/N-ethyl adjacent to an activating group) is 1. The number of aryl methyl sites for hydroxylation is 1. The third-order valence-electron chi connectivity index (χ3n) is 4.15. The van der Waals surface area contributed by atoms with Crippen molar-refractivity contribution in [1.29, 1.82) is 0 Å². The van der Waals surface area contributed by atoms with Crippen molar-refractivity contribution in [2.24, 2.45) is 7.05 Å². The molecule has 1 amide bonds. The zero-order valence-corrected chi connectivity index (χ0v) is 14.3. The molecule has 0 saturated heterocycles. The number of carbonyl (C=O) groups is 1.